The van der Waals surface area contributed by atoms with Gasteiger partial charge in [0.25, 0.3) is 5.85 Å². The Morgan fingerprint density at radius 2 is 2.21 bits per heavy atom. The minimum absolute atomic E-state index is 0.0396. The van der Waals surface area contributed by atoms with E-state index in [9.17, 15) is 24.0 Å². The maximum absolute atomic E-state index is 14.5. The van der Waals surface area contributed by atoms with E-state index in [0.29, 0.717) is 4.57 Å². The van der Waals surface area contributed by atoms with Gasteiger partial charge in [0.1, 0.15) is 23.5 Å². The van der Waals surface area contributed by atoms with E-state index in [2.05, 4.69) is 15.4 Å². The predicted octanol–water partition coefficient (Wildman–Crippen LogP) is -1.09. The lowest BCUT2D eigenvalue weighted by Gasteiger charge is -2.22. The molecule has 0 bridgehead atoms. The zero-order valence-electron chi connectivity index (χ0n) is 11.7. The summed E-state index contributed by atoms with van der Waals surface area (Å²) in [6.07, 6.45) is 0.259. The Balaban J connectivity index is 2.37. The van der Waals surface area contributed by atoms with Crippen LogP contribution in [0.3, 0.4) is 0 Å². The third-order valence-electron chi connectivity index (χ3n) is 3.20. The standard InChI is InChI=1S/C11H12FN2O8PS/c1-2-5-3-14(10(17)13-8(5)24)9-6(15)7(16)11(12,22-9)4-21-23(18,19)20/h1,3,6-7,9,15-16H,4H2,(H,13,17,24)(H2,18,19,20)/t6-,7+,9-,11-/m1/s1. The third-order valence-corrected chi connectivity index (χ3v) is 3.99. The van der Waals surface area contributed by atoms with Crippen LogP contribution in [0, 0.1) is 17.0 Å². The fraction of sp³-hybridized carbons (Fsp3) is 0.455. The quantitative estimate of drug-likeness (QED) is 0.248. The summed E-state index contributed by atoms with van der Waals surface area (Å²) in [6, 6.07) is 0. The van der Waals surface area contributed by atoms with Crippen molar-refractivity contribution in [3.05, 3.63) is 26.9 Å². The van der Waals surface area contributed by atoms with Crippen LogP contribution in [-0.4, -0.2) is 54.2 Å². The second-order valence-corrected chi connectivity index (χ2v) is 6.50. The van der Waals surface area contributed by atoms with Crippen molar-refractivity contribution in [2.45, 2.75) is 24.3 Å². The van der Waals surface area contributed by atoms with Crippen LogP contribution >= 0.6 is 20.0 Å². The molecule has 1 aromatic rings. The number of phosphoric acid groups is 1. The summed E-state index contributed by atoms with van der Waals surface area (Å²) in [7, 11) is -5.06. The first-order chi connectivity index (χ1) is 11.0. The van der Waals surface area contributed by atoms with Crippen LogP contribution in [0.1, 0.15) is 11.8 Å². The van der Waals surface area contributed by atoms with Gasteiger partial charge in [-0.2, -0.15) is 0 Å². The molecule has 0 aromatic carbocycles. The Morgan fingerprint density at radius 1 is 1.58 bits per heavy atom. The number of hydrogen-bond donors (Lipinski definition) is 5. The predicted molar refractivity (Wildman–Crippen MR) is 77.8 cm³/mol. The monoisotopic (exact) mass is 382 g/mol. The molecule has 0 spiro atoms. The first kappa shape index (κ1) is 18.9. The van der Waals surface area contributed by atoms with Crippen LogP contribution in [0.4, 0.5) is 4.39 Å². The van der Waals surface area contributed by atoms with Crippen molar-refractivity contribution in [2.75, 3.05) is 6.61 Å². The lowest BCUT2D eigenvalue weighted by atomic mass is 10.1. The molecule has 1 saturated heterocycles. The number of aliphatic hydroxyl groups excluding tert-OH is 2. The number of rotatable bonds is 4. The van der Waals surface area contributed by atoms with Crippen LogP contribution in [0.5, 0.6) is 0 Å². The van der Waals surface area contributed by atoms with Gasteiger partial charge in [-0.1, -0.05) is 18.1 Å². The zero-order chi connectivity index (χ0) is 18.3. The topological polar surface area (TPSA) is 154 Å². The molecular formula is C11H12FN2O8PS. The lowest BCUT2D eigenvalue weighted by Crippen LogP contribution is -2.42. The Labute approximate surface area is 138 Å². The molecule has 1 aliphatic heterocycles. The Hall–Kier alpha value is -1.42. The molecule has 4 atom stereocenters. The number of aliphatic hydroxyl groups is 2. The molecule has 2 heterocycles. The Bertz CT molecular complexity index is 844. The number of alkyl halides is 1. The average Bonchev–Trinajstić information content (AvgIpc) is 2.70. The maximum Gasteiger partial charge on any atom is 0.469 e. The number of halogens is 1. The molecule has 24 heavy (non-hydrogen) atoms. The van der Waals surface area contributed by atoms with Gasteiger partial charge in [0.05, 0.1) is 5.56 Å². The highest BCUT2D eigenvalue weighted by atomic mass is 32.1. The number of ether oxygens (including phenoxy) is 1. The number of terminal acetylenes is 1. The highest BCUT2D eigenvalue weighted by Crippen LogP contribution is 2.43. The van der Waals surface area contributed by atoms with Gasteiger partial charge in [0.15, 0.2) is 6.23 Å². The van der Waals surface area contributed by atoms with E-state index in [0.717, 1.165) is 6.20 Å². The van der Waals surface area contributed by atoms with E-state index < -0.39 is 44.4 Å². The molecule has 0 radical (unpaired) electrons. The molecule has 2 rings (SSSR count). The van der Waals surface area contributed by atoms with Gasteiger partial charge in [-0.15, -0.1) is 6.42 Å². The first-order valence-electron chi connectivity index (χ1n) is 6.23. The number of phosphoric ester groups is 1. The number of aromatic amines is 1. The molecular weight excluding hydrogens is 370 g/mol. The van der Waals surface area contributed by atoms with Gasteiger partial charge >= 0.3 is 13.5 Å². The first-order valence-corrected chi connectivity index (χ1v) is 8.17. The van der Waals surface area contributed by atoms with E-state index in [-0.39, 0.29) is 10.2 Å². The summed E-state index contributed by atoms with van der Waals surface area (Å²) in [6.45, 7) is -1.38. The number of H-pyrrole nitrogens is 1. The fourth-order valence-corrected chi connectivity index (χ4v) is 2.58. The molecule has 1 fully saturated rings. The van der Waals surface area contributed by atoms with Gasteiger partial charge in [-0.05, 0) is 0 Å². The van der Waals surface area contributed by atoms with Gasteiger partial charge in [0, 0.05) is 6.20 Å². The van der Waals surface area contributed by atoms with Crippen molar-refractivity contribution in [1.29, 1.82) is 0 Å². The minimum Gasteiger partial charge on any atom is -0.385 e. The number of hydrogen-bond acceptors (Lipinski definition) is 7. The highest BCUT2D eigenvalue weighted by Gasteiger charge is 2.57. The maximum atomic E-state index is 14.5. The normalized spacial score (nSPS) is 30.2. The fourth-order valence-electron chi connectivity index (χ4n) is 2.04. The molecule has 0 unspecified atom stereocenters. The van der Waals surface area contributed by atoms with Crippen LogP contribution in [-0.2, 0) is 13.8 Å². The molecule has 0 saturated carbocycles. The number of aromatic nitrogens is 2. The molecule has 0 aliphatic carbocycles. The smallest absolute Gasteiger partial charge is 0.385 e. The van der Waals surface area contributed by atoms with E-state index in [4.69, 9.17) is 33.2 Å². The molecule has 13 heteroatoms. The third kappa shape index (κ3) is 3.64. The SMILES string of the molecule is C#Cc1cn([C@@H]2O[C@](F)(COP(=O)(O)O)[C@@H](O)[C@H]2O)c(=O)[nH]c1=S. The summed E-state index contributed by atoms with van der Waals surface area (Å²) in [5.41, 5.74) is -0.867. The second-order valence-electron chi connectivity index (χ2n) is 4.85. The Kier molecular flexibility index (Phi) is 5.10. The summed E-state index contributed by atoms with van der Waals surface area (Å²) < 4.78 is 34.5. The minimum atomic E-state index is -5.06. The van der Waals surface area contributed by atoms with E-state index in [1.807, 2.05) is 0 Å². The van der Waals surface area contributed by atoms with Crippen molar-refractivity contribution < 1.29 is 38.2 Å². The van der Waals surface area contributed by atoms with E-state index >= 15 is 0 Å². The van der Waals surface area contributed by atoms with E-state index in [1.54, 1.807) is 0 Å². The van der Waals surface area contributed by atoms with Crippen molar-refractivity contribution >= 4 is 20.0 Å². The van der Waals surface area contributed by atoms with Crippen LogP contribution in [0.15, 0.2) is 11.0 Å². The lowest BCUT2D eigenvalue weighted by molar-refractivity contribution is -0.205. The molecule has 0 amide bonds. The molecule has 5 N–H and O–H groups in total. The summed E-state index contributed by atoms with van der Waals surface area (Å²) in [4.78, 5) is 31.3. The van der Waals surface area contributed by atoms with E-state index in [1.165, 1.54) is 0 Å². The van der Waals surface area contributed by atoms with Crippen LogP contribution in [0.2, 0.25) is 0 Å². The average molecular weight is 382 g/mol. The highest BCUT2D eigenvalue weighted by molar-refractivity contribution is 7.71. The van der Waals surface area contributed by atoms with Crippen LogP contribution < -0.4 is 5.69 Å². The van der Waals surface area contributed by atoms with Crippen molar-refractivity contribution in [3.8, 4) is 12.3 Å². The number of nitrogens with zero attached hydrogens (tertiary/aromatic N) is 1. The Morgan fingerprint density at radius 3 is 2.75 bits per heavy atom. The molecule has 10 nitrogen and oxygen atoms in total. The summed E-state index contributed by atoms with van der Waals surface area (Å²) in [5, 5.41) is 19.7. The molecule has 1 aromatic heterocycles. The van der Waals surface area contributed by atoms with Gasteiger partial charge in [0.2, 0.25) is 0 Å². The van der Waals surface area contributed by atoms with Gasteiger partial charge < -0.3 is 24.7 Å². The van der Waals surface area contributed by atoms with Crippen molar-refractivity contribution in [2.24, 2.45) is 0 Å². The van der Waals surface area contributed by atoms with Crippen LogP contribution in [0.25, 0.3) is 0 Å². The summed E-state index contributed by atoms with van der Waals surface area (Å²) >= 11 is 4.81. The largest absolute Gasteiger partial charge is 0.469 e. The zero-order valence-corrected chi connectivity index (χ0v) is 13.4. The molecule has 1 aliphatic rings. The van der Waals surface area contributed by atoms with Crippen molar-refractivity contribution in [1.82, 2.24) is 9.55 Å². The second kappa shape index (κ2) is 6.47. The van der Waals surface area contributed by atoms with Gasteiger partial charge in [-0.25, -0.2) is 13.8 Å². The van der Waals surface area contributed by atoms with Crippen molar-refractivity contribution in [3.63, 3.8) is 0 Å². The summed E-state index contributed by atoms with van der Waals surface area (Å²) in [5.74, 6) is -1.01. The number of nitrogens with one attached hydrogen (secondary N) is 1. The molecule has 132 valence electrons. The van der Waals surface area contributed by atoms with Gasteiger partial charge in [-0.3, -0.25) is 14.1 Å².